The summed E-state index contributed by atoms with van der Waals surface area (Å²) >= 11 is 0. The van der Waals surface area contributed by atoms with Crippen molar-refractivity contribution in [1.29, 1.82) is 1.43 Å². The summed E-state index contributed by atoms with van der Waals surface area (Å²) in [6.07, 6.45) is -0.706. The molecule has 1 amide bonds. The van der Waals surface area contributed by atoms with Gasteiger partial charge in [-0.25, -0.2) is 9.59 Å². The zero-order valence-electron chi connectivity index (χ0n) is 11.7. The lowest BCUT2D eigenvalue weighted by molar-refractivity contribution is -0.142. The highest BCUT2D eigenvalue weighted by Gasteiger charge is 2.33. The minimum Gasteiger partial charge on any atom is -0.480 e. The standard InChI is InChI=1S/C11H21NO4/c1-10(2,3)7(8(13)14)12-9(15)16-11(4,5)6/h7H,1-6H3,(H,12,15)(H,13,14)/t7-/m1/s1/i/hD. The van der Waals surface area contributed by atoms with Gasteiger partial charge in [0.1, 0.15) is 11.6 Å². The lowest BCUT2D eigenvalue weighted by Crippen LogP contribution is -2.50. The molecule has 5 heteroatoms. The van der Waals surface area contributed by atoms with Crippen LogP contribution in [0.3, 0.4) is 0 Å². The van der Waals surface area contributed by atoms with Gasteiger partial charge in [-0.1, -0.05) is 20.8 Å². The van der Waals surface area contributed by atoms with E-state index in [9.17, 15) is 9.59 Å². The second-order valence-electron chi connectivity index (χ2n) is 5.76. The second-order valence-corrected chi connectivity index (χ2v) is 5.76. The van der Waals surface area contributed by atoms with E-state index >= 15 is 0 Å². The number of amides is 1. The molecule has 0 aromatic rings. The third kappa shape index (κ3) is 5.58. The number of alkyl carbamates (subject to hydrolysis) is 1. The fraction of sp³-hybridized carbons (Fsp3) is 0.818. The molecule has 0 fully saturated rings. The van der Waals surface area contributed by atoms with Gasteiger partial charge in [0.2, 0.25) is 0 Å². The maximum atomic E-state index is 11.5. The Bertz CT molecular complexity index is 291. The van der Waals surface area contributed by atoms with Crippen LogP contribution in [0.2, 0.25) is 0 Å². The van der Waals surface area contributed by atoms with Crippen molar-refractivity contribution in [1.82, 2.24) is 5.32 Å². The summed E-state index contributed by atoms with van der Waals surface area (Å²) in [6, 6.07) is -0.921. The number of nitrogens with one attached hydrogen (secondary N) is 1. The highest BCUT2D eigenvalue weighted by Crippen LogP contribution is 2.20. The Labute approximate surface area is 97.7 Å². The molecule has 0 aliphatic rings. The van der Waals surface area contributed by atoms with Gasteiger partial charge in [-0.05, 0) is 26.2 Å². The Morgan fingerprint density at radius 1 is 1.25 bits per heavy atom. The van der Waals surface area contributed by atoms with Crippen LogP contribution in [0, 0.1) is 5.41 Å². The SMILES string of the molecule is [2H]OC(=O)[C@@H](NC(=O)OC(C)(C)C)C(C)(C)C. The summed E-state index contributed by atoms with van der Waals surface area (Å²) in [4.78, 5) is 22.9. The Morgan fingerprint density at radius 3 is 2.06 bits per heavy atom. The normalized spacial score (nSPS) is 14.8. The molecule has 16 heavy (non-hydrogen) atoms. The fourth-order valence-electron chi connectivity index (χ4n) is 1.05. The van der Waals surface area contributed by atoms with E-state index in [1.807, 2.05) is 0 Å². The zero-order valence-corrected chi connectivity index (χ0v) is 10.7. The molecule has 0 spiro atoms. The smallest absolute Gasteiger partial charge is 0.408 e. The molecule has 0 aliphatic carbocycles. The fourth-order valence-corrected chi connectivity index (χ4v) is 1.05. The number of hydrogen-bond acceptors (Lipinski definition) is 4. The van der Waals surface area contributed by atoms with Gasteiger partial charge in [0.15, 0.2) is 0 Å². The molecule has 0 aromatic carbocycles. The summed E-state index contributed by atoms with van der Waals surface area (Å²) in [5.41, 5.74) is -1.20. The van der Waals surface area contributed by atoms with Gasteiger partial charge in [0.05, 0.1) is 0 Å². The van der Waals surface area contributed by atoms with Gasteiger partial charge in [-0.15, -0.1) is 0 Å². The zero-order chi connectivity index (χ0) is 13.9. The lowest BCUT2D eigenvalue weighted by Gasteiger charge is -2.29. The molecule has 0 saturated heterocycles. The van der Waals surface area contributed by atoms with Crippen molar-refractivity contribution in [3.8, 4) is 0 Å². The predicted octanol–water partition coefficient (Wildman–Crippen LogP) is 2.01. The molecule has 0 aliphatic heterocycles. The van der Waals surface area contributed by atoms with Crippen LogP contribution in [-0.2, 0) is 9.53 Å². The van der Waals surface area contributed by atoms with Crippen LogP contribution in [0.5, 0.6) is 0 Å². The first-order valence-corrected chi connectivity index (χ1v) is 5.14. The molecule has 0 heterocycles. The van der Waals surface area contributed by atoms with Gasteiger partial charge >= 0.3 is 12.1 Å². The van der Waals surface area contributed by atoms with Crippen molar-refractivity contribution < 1.29 is 19.4 Å². The summed E-state index contributed by atoms with van der Waals surface area (Å²) in [5.74, 6) is -0.816. The predicted molar refractivity (Wildman–Crippen MR) is 60.2 cm³/mol. The van der Waals surface area contributed by atoms with Crippen LogP contribution in [-0.4, -0.2) is 28.8 Å². The monoisotopic (exact) mass is 232 g/mol. The molecular formula is C11H21NO4. The van der Waals surface area contributed by atoms with Crippen LogP contribution in [0.4, 0.5) is 4.79 Å². The maximum absolute atomic E-state index is 11.5. The van der Waals surface area contributed by atoms with E-state index in [-0.39, 0.29) is 0 Å². The molecule has 2 N–H and O–H groups in total. The number of carbonyl (C=O) groups excluding carboxylic acids is 1. The molecule has 5 nitrogen and oxygen atoms in total. The third-order valence-electron chi connectivity index (χ3n) is 1.76. The molecule has 1 atom stereocenters. The first kappa shape index (κ1) is 12.8. The number of rotatable bonds is 2. The van der Waals surface area contributed by atoms with Crippen molar-refractivity contribution in [2.75, 3.05) is 0 Å². The van der Waals surface area contributed by atoms with Crippen LogP contribution in [0.1, 0.15) is 41.5 Å². The van der Waals surface area contributed by atoms with Crippen LogP contribution in [0.25, 0.3) is 1.43 Å². The molecule has 0 rings (SSSR count). The minimum absolute atomic E-state index is 0.560. The van der Waals surface area contributed by atoms with Gasteiger partial charge in [0, 0.05) is 0 Å². The quantitative estimate of drug-likeness (QED) is 0.763. The van der Waals surface area contributed by atoms with Crippen molar-refractivity contribution in [3.63, 3.8) is 0 Å². The van der Waals surface area contributed by atoms with E-state index in [4.69, 9.17) is 6.17 Å². The van der Waals surface area contributed by atoms with E-state index in [1.54, 1.807) is 41.5 Å². The van der Waals surface area contributed by atoms with Gasteiger partial charge in [0.25, 0.3) is 1.43 Å². The molecular weight excluding hydrogens is 210 g/mol. The van der Waals surface area contributed by atoms with E-state index in [1.165, 1.54) is 0 Å². The Hall–Kier alpha value is -1.26. The number of ether oxygens (including phenoxy) is 1. The van der Waals surface area contributed by atoms with Gasteiger partial charge in [-0.3, -0.25) is 0 Å². The van der Waals surface area contributed by atoms with Gasteiger partial charge < -0.3 is 15.2 Å². The van der Waals surface area contributed by atoms with E-state index in [0.717, 1.165) is 0 Å². The van der Waals surface area contributed by atoms with Crippen LogP contribution < -0.4 is 5.32 Å². The molecule has 0 bridgehead atoms. The Balaban J connectivity index is 4.67. The minimum atomic E-state index is -0.921. The number of aliphatic carboxylic acids is 1. The van der Waals surface area contributed by atoms with Crippen LogP contribution in [0.15, 0.2) is 0 Å². The lowest BCUT2D eigenvalue weighted by atomic mass is 9.87. The van der Waals surface area contributed by atoms with E-state index < -0.39 is 29.1 Å². The maximum Gasteiger partial charge on any atom is 0.408 e. The number of hydrogen-bond donors (Lipinski definition) is 2. The molecule has 94 valence electrons. The average molecular weight is 232 g/mol. The third-order valence-corrected chi connectivity index (χ3v) is 1.76. The first-order chi connectivity index (χ1) is 7.47. The highest BCUT2D eigenvalue weighted by molar-refractivity contribution is 5.80. The summed E-state index contributed by atoms with van der Waals surface area (Å²) in [7, 11) is 0. The Kier molecular flexibility index (Phi) is 3.78. The summed E-state index contributed by atoms with van der Waals surface area (Å²) in [6.45, 7) is 10.4. The average Bonchev–Trinajstić information content (AvgIpc) is 2.08. The highest BCUT2D eigenvalue weighted by atomic mass is 16.6. The largest absolute Gasteiger partial charge is 0.480 e. The van der Waals surface area contributed by atoms with Crippen molar-refractivity contribution in [2.45, 2.75) is 53.2 Å². The molecule has 0 unspecified atom stereocenters. The first-order valence-electron chi connectivity index (χ1n) is 5.54. The summed E-state index contributed by atoms with van der Waals surface area (Å²) in [5, 5.41) is 6.32. The van der Waals surface area contributed by atoms with E-state index in [2.05, 4.69) is 10.4 Å². The van der Waals surface area contributed by atoms with Gasteiger partial charge in [-0.2, -0.15) is 0 Å². The van der Waals surface area contributed by atoms with Crippen molar-refractivity contribution in [3.05, 3.63) is 0 Å². The number of carboxylic acid groups (broad SMARTS) is 1. The Morgan fingerprint density at radius 2 is 1.75 bits per heavy atom. The number of carbonyl (C=O) groups is 2. The molecule has 0 saturated carbocycles. The summed E-state index contributed by atoms with van der Waals surface area (Å²) < 4.78 is 11.6. The van der Waals surface area contributed by atoms with Crippen molar-refractivity contribution >= 4 is 12.1 Å². The second kappa shape index (κ2) is 4.72. The van der Waals surface area contributed by atoms with E-state index in [0.29, 0.717) is 0 Å². The molecule has 0 radical (unpaired) electrons. The topological polar surface area (TPSA) is 75.6 Å². The van der Waals surface area contributed by atoms with Crippen LogP contribution >= 0.6 is 0 Å². The molecule has 0 aromatic heterocycles. The van der Waals surface area contributed by atoms with Crippen molar-refractivity contribution in [2.24, 2.45) is 5.41 Å². The number of carboxylic acids is 1.